The van der Waals surface area contributed by atoms with E-state index in [4.69, 9.17) is 33.9 Å². The molecule has 4 aliphatic rings. The zero-order valence-corrected chi connectivity index (χ0v) is 41.4. The van der Waals surface area contributed by atoms with Crippen molar-refractivity contribution in [2.45, 2.75) is 103 Å². The number of ether oxygens (including phenoxy) is 4. The summed E-state index contributed by atoms with van der Waals surface area (Å²) in [4.78, 5) is 77.7. The molecule has 0 bridgehead atoms. The third kappa shape index (κ3) is 9.11. The van der Waals surface area contributed by atoms with Gasteiger partial charge in [0.05, 0.1) is 76.7 Å². The first-order valence-corrected chi connectivity index (χ1v) is 25.2. The Balaban J connectivity index is 0.976. The Morgan fingerprint density at radius 2 is 1.35 bits per heavy atom. The van der Waals surface area contributed by atoms with Crippen molar-refractivity contribution in [3.63, 3.8) is 0 Å². The first-order chi connectivity index (χ1) is 34.3. The van der Waals surface area contributed by atoms with E-state index in [9.17, 15) is 19.2 Å². The number of likely N-dealkylation sites (tertiary alicyclic amines) is 2. The largest absolute Gasteiger partial charge is 0.464 e. The van der Waals surface area contributed by atoms with Gasteiger partial charge in [0.15, 0.2) is 0 Å². The fourth-order valence-corrected chi connectivity index (χ4v) is 11.6. The second-order valence-electron chi connectivity index (χ2n) is 19.4. The Labute approximate surface area is 414 Å². The summed E-state index contributed by atoms with van der Waals surface area (Å²) in [5.74, 6) is 0.621. The first kappa shape index (κ1) is 47.9. The summed E-state index contributed by atoms with van der Waals surface area (Å²) >= 11 is 1.60. The van der Waals surface area contributed by atoms with E-state index in [2.05, 4.69) is 20.6 Å². The monoisotopic (exact) mass is 990 g/mol. The zero-order chi connectivity index (χ0) is 49.7. The maximum absolute atomic E-state index is 17.0. The van der Waals surface area contributed by atoms with Crippen LogP contribution in [0.2, 0.25) is 0 Å². The van der Waals surface area contributed by atoms with Crippen LogP contribution in [0.4, 0.5) is 14.0 Å². The van der Waals surface area contributed by atoms with Gasteiger partial charge in [0.1, 0.15) is 35.3 Å². The molecule has 2 aromatic carbocycles. The predicted octanol–water partition coefficient (Wildman–Crippen LogP) is 8.61. The van der Waals surface area contributed by atoms with Crippen molar-refractivity contribution in [2.24, 2.45) is 11.8 Å². The number of imidazole rings is 2. The lowest BCUT2D eigenvalue weighted by Gasteiger charge is -2.30. The average molecular weight is 991 g/mol. The quantitative estimate of drug-likeness (QED) is 0.0912. The van der Waals surface area contributed by atoms with Crippen LogP contribution in [0.25, 0.3) is 44.7 Å². The van der Waals surface area contributed by atoms with Crippen LogP contribution in [0.15, 0.2) is 55.0 Å². The van der Waals surface area contributed by atoms with Gasteiger partial charge in [-0.25, -0.2) is 28.9 Å². The summed E-state index contributed by atoms with van der Waals surface area (Å²) < 4.78 is 41.2. The Morgan fingerprint density at radius 1 is 0.761 bits per heavy atom. The van der Waals surface area contributed by atoms with Gasteiger partial charge >= 0.3 is 12.2 Å². The number of H-pyrrole nitrogens is 2. The molecule has 4 amide bonds. The van der Waals surface area contributed by atoms with Crippen LogP contribution in [0, 0.1) is 17.7 Å². The molecule has 1 unspecified atom stereocenters. The van der Waals surface area contributed by atoms with Gasteiger partial charge in [-0.05, 0) is 80.7 Å². The molecule has 6 aromatic rings. The number of benzene rings is 2. The Kier molecular flexibility index (Phi) is 13.3. The smallest absolute Gasteiger partial charge is 0.407 e. The van der Waals surface area contributed by atoms with Crippen molar-refractivity contribution in [1.82, 2.24) is 49.9 Å². The zero-order valence-electron chi connectivity index (χ0n) is 40.6. The van der Waals surface area contributed by atoms with Gasteiger partial charge in [0.2, 0.25) is 18.0 Å². The number of fused-ring (bicyclic) bond motifs is 5. The number of alkyl carbamates (subject to hydrolysis) is 2. The molecule has 5 atom stereocenters. The van der Waals surface area contributed by atoms with Gasteiger partial charge in [0.25, 0.3) is 0 Å². The molecule has 0 spiro atoms. The molecule has 20 heteroatoms. The SMILES string of the molecule is COC(=O)N[C@H](C(=O)N1CCC[C@H]1c1ncc(-c2cc(F)c3c(c2)OC(c2cnc(C4CCOCC4)s2)n2c-3cc3cc(-c4cnc([C@@H]5CCCN5C(=O)[C@@H](NC(=O)OC)C(C)C)[nH]4)ccc32)[nH]1)C(C)C. The standard InChI is InChI=1S/C51H59FN10O8S/c1-26(2)42(58-50(65)67-5)47(63)60-15-7-9-36(60)44-53-23-33(56-44)29-11-12-35-31(19-29)21-38-41-32(52)20-30(22-39(41)70-49(62(35)38)40-25-55-46(71-40)28-13-17-69-18-14-28)34-24-54-45(57-34)37-10-8-16-61(37)48(64)43(27(3)4)59-51(66)68-6/h11-12,19-28,36-37,42-43,49H,7-10,13-18H2,1-6H3,(H,53,56)(H,54,57)(H,58,65)(H,59,66)/t36-,37-,42-,43-,49?/m0/s1. The molecule has 4 aromatic heterocycles. The fourth-order valence-electron chi connectivity index (χ4n) is 10.5. The Morgan fingerprint density at radius 3 is 1.93 bits per heavy atom. The number of hydrogen-bond donors (Lipinski definition) is 4. The van der Waals surface area contributed by atoms with Gasteiger partial charge in [-0.1, -0.05) is 33.8 Å². The molecular formula is C51H59FN10O8S. The maximum Gasteiger partial charge on any atom is 0.407 e. The number of thiazole rings is 1. The molecule has 4 aliphatic heterocycles. The van der Waals surface area contributed by atoms with Crippen molar-refractivity contribution in [1.29, 1.82) is 0 Å². The lowest BCUT2D eigenvalue weighted by Crippen LogP contribution is -2.51. The fraction of sp³-hybridized carbons (Fsp3) is 0.471. The highest BCUT2D eigenvalue weighted by atomic mass is 32.1. The lowest BCUT2D eigenvalue weighted by molar-refractivity contribution is -0.136. The number of methoxy groups -OCH3 is 2. The minimum atomic E-state index is -0.779. The molecule has 0 aliphatic carbocycles. The summed E-state index contributed by atoms with van der Waals surface area (Å²) in [6.07, 6.45) is 7.98. The number of aromatic nitrogens is 6. The highest BCUT2D eigenvalue weighted by Crippen LogP contribution is 2.49. The maximum atomic E-state index is 17.0. The molecule has 71 heavy (non-hydrogen) atoms. The predicted molar refractivity (Wildman–Crippen MR) is 262 cm³/mol. The van der Waals surface area contributed by atoms with Crippen molar-refractivity contribution in [3.05, 3.63) is 82.3 Å². The molecule has 4 N–H and O–H groups in total. The van der Waals surface area contributed by atoms with Gasteiger partial charge in [-0.3, -0.25) is 14.2 Å². The van der Waals surface area contributed by atoms with E-state index in [1.165, 1.54) is 20.3 Å². The number of hydrogen-bond acceptors (Lipinski definition) is 12. The summed E-state index contributed by atoms with van der Waals surface area (Å²) in [6.45, 7) is 9.91. The number of rotatable bonds is 12. The normalized spacial score (nSPS) is 19.9. The van der Waals surface area contributed by atoms with E-state index in [0.29, 0.717) is 79.1 Å². The Bertz CT molecular complexity index is 2970. The average Bonchev–Trinajstić information content (AvgIpc) is 4.24. The molecule has 3 saturated heterocycles. The molecule has 374 valence electrons. The number of carbonyl (C=O) groups is 4. The number of aromatic amines is 2. The lowest BCUT2D eigenvalue weighted by atomic mass is 10.0. The van der Waals surface area contributed by atoms with Crippen LogP contribution in [0.1, 0.15) is 112 Å². The van der Waals surface area contributed by atoms with Crippen LogP contribution in [-0.4, -0.2) is 116 Å². The highest BCUT2D eigenvalue weighted by Gasteiger charge is 2.40. The topological polar surface area (TPSA) is 211 Å². The summed E-state index contributed by atoms with van der Waals surface area (Å²) in [5.41, 5.74) is 4.50. The molecule has 0 radical (unpaired) electrons. The number of nitrogens with zero attached hydrogens (tertiary/aromatic N) is 6. The molecule has 18 nitrogen and oxygen atoms in total. The number of carbonyl (C=O) groups excluding carboxylic acids is 4. The first-order valence-electron chi connectivity index (χ1n) is 24.4. The van der Waals surface area contributed by atoms with E-state index >= 15 is 4.39 Å². The van der Waals surface area contributed by atoms with Gasteiger partial charge in [0, 0.05) is 54.9 Å². The van der Waals surface area contributed by atoms with Gasteiger partial charge < -0.3 is 49.3 Å². The molecular weight excluding hydrogens is 932 g/mol. The van der Waals surface area contributed by atoms with Crippen LogP contribution >= 0.6 is 11.3 Å². The van der Waals surface area contributed by atoms with E-state index in [1.54, 1.807) is 33.5 Å². The number of amides is 4. The van der Waals surface area contributed by atoms with Crippen LogP contribution in [0.3, 0.4) is 0 Å². The second-order valence-corrected chi connectivity index (χ2v) is 20.5. The minimum Gasteiger partial charge on any atom is -0.464 e. The third-order valence-corrected chi connectivity index (χ3v) is 15.5. The summed E-state index contributed by atoms with van der Waals surface area (Å²) in [7, 11) is 2.54. The molecule has 10 rings (SSSR count). The van der Waals surface area contributed by atoms with Crippen LogP contribution < -0.4 is 15.4 Å². The minimum absolute atomic E-state index is 0.159. The number of nitrogens with one attached hydrogen (secondary N) is 4. The second kappa shape index (κ2) is 19.8. The van der Waals surface area contributed by atoms with E-state index in [1.807, 2.05) is 68.8 Å². The summed E-state index contributed by atoms with van der Waals surface area (Å²) in [6, 6.07) is 9.16. The third-order valence-electron chi connectivity index (χ3n) is 14.3. The number of halogens is 1. The van der Waals surface area contributed by atoms with Crippen molar-refractivity contribution < 1.29 is 42.5 Å². The van der Waals surface area contributed by atoms with E-state index < -0.39 is 36.3 Å². The van der Waals surface area contributed by atoms with E-state index in [0.717, 1.165) is 57.7 Å². The van der Waals surface area contributed by atoms with E-state index in [-0.39, 0.29) is 41.7 Å². The van der Waals surface area contributed by atoms with Gasteiger partial charge in [-0.15, -0.1) is 11.3 Å². The molecule has 3 fully saturated rings. The Hall–Kier alpha value is -6.80. The van der Waals surface area contributed by atoms with Crippen molar-refractivity contribution in [2.75, 3.05) is 40.5 Å². The van der Waals surface area contributed by atoms with Crippen molar-refractivity contribution in [3.8, 4) is 39.5 Å². The summed E-state index contributed by atoms with van der Waals surface area (Å²) in [5, 5.41) is 7.27. The highest BCUT2D eigenvalue weighted by molar-refractivity contribution is 7.11. The van der Waals surface area contributed by atoms with Crippen molar-refractivity contribution >= 4 is 46.2 Å². The molecule has 0 saturated carbocycles. The van der Waals surface area contributed by atoms with Crippen LogP contribution in [-0.2, 0) is 23.8 Å². The van der Waals surface area contributed by atoms with Gasteiger partial charge in [-0.2, -0.15) is 0 Å². The molecule has 8 heterocycles. The van der Waals surface area contributed by atoms with Crippen LogP contribution in [0.5, 0.6) is 5.75 Å².